The molecular weight excluding hydrogens is 264 g/mol. The van der Waals surface area contributed by atoms with Gasteiger partial charge in [0.25, 0.3) is 0 Å². The number of phenols is 1. The maximum absolute atomic E-state index is 9.27. The summed E-state index contributed by atoms with van der Waals surface area (Å²) in [4.78, 5) is 4.49. The highest BCUT2D eigenvalue weighted by molar-refractivity contribution is 5.78. The fourth-order valence-electron chi connectivity index (χ4n) is 2.23. The minimum atomic E-state index is 0.280. The number of rotatable bonds is 4. The molecule has 0 bridgehead atoms. The van der Waals surface area contributed by atoms with Gasteiger partial charge in [-0.3, -0.25) is 0 Å². The lowest BCUT2D eigenvalue weighted by Crippen LogP contribution is -2.04. The zero-order valence-corrected chi connectivity index (χ0v) is 12.1. The molecule has 1 aromatic carbocycles. The van der Waals surface area contributed by atoms with Crippen LogP contribution in [0.5, 0.6) is 5.75 Å². The van der Waals surface area contributed by atoms with Crippen LogP contribution in [0.4, 0.5) is 5.69 Å². The smallest absolute Gasteiger partial charge is 0.158 e. The second kappa shape index (κ2) is 5.44. The molecule has 5 nitrogen and oxygen atoms in total. The molecule has 2 N–H and O–H groups in total. The Balaban J connectivity index is 1.77. The number of aromatic nitrogens is 3. The summed E-state index contributed by atoms with van der Waals surface area (Å²) in [5.74, 6) is 0.280. The van der Waals surface area contributed by atoms with E-state index in [1.54, 1.807) is 12.1 Å². The van der Waals surface area contributed by atoms with E-state index >= 15 is 0 Å². The Morgan fingerprint density at radius 2 is 1.95 bits per heavy atom. The number of nitrogens with one attached hydrogen (secondary N) is 1. The third-order valence-electron chi connectivity index (χ3n) is 3.36. The maximum Gasteiger partial charge on any atom is 0.158 e. The van der Waals surface area contributed by atoms with E-state index < -0.39 is 0 Å². The monoisotopic (exact) mass is 282 g/mol. The van der Waals surface area contributed by atoms with E-state index in [0.717, 1.165) is 22.3 Å². The van der Waals surface area contributed by atoms with Gasteiger partial charge in [0.15, 0.2) is 5.65 Å². The quantitative estimate of drug-likeness (QED) is 0.770. The van der Waals surface area contributed by atoms with Gasteiger partial charge in [-0.15, -0.1) is 0 Å². The average Bonchev–Trinajstić information content (AvgIpc) is 2.90. The largest absolute Gasteiger partial charge is 0.508 e. The molecule has 0 spiro atoms. The molecule has 0 aliphatic heterocycles. The molecule has 2 heterocycles. The Bertz CT molecular complexity index is 747. The first-order valence-corrected chi connectivity index (χ1v) is 6.98. The van der Waals surface area contributed by atoms with Crippen molar-refractivity contribution in [2.45, 2.75) is 26.4 Å². The lowest BCUT2D eigenvalue weighted by molar-refractivity contribution is 0.475. The van der Waals surface area contributed by atoms with Gasteiger partial charge < -0.3 is 10.4 Å². The highest BCUT2D eigenvalue weighted by Crippen LogP contribution is 2.19. The molecule has 3 aromatic rings. The Morgan fingerprint density at radius 3 is 2.67 bits per heavy atom. The summed E-state index contributed by atoms with van der Waals surface area (Å²) in [5, 5.41) is 18.0. The molecule has 21 heavy (non-hydrogen) atoms. The van der Waals surface area contributed by atoms with Crippen molar-refractivity contribution in [3.8, 4) is 5.75 Å². The first-order valence-electron chi connectivity index (χ1n) is 6.98. The fraction of sp³-hybridized carbons (Fsp3) is 0.250. The Hall–Kier alpha value is -2.56. The van der Waals surface area contributed by atoms with Crippen molar-refractivity contribution < 1.29 is 5.11 Å². The molecule has 0 saturated heterocycles. The molecule has 0 radical (unpaired) electrons. The number of aromatic hydroxyl groups is 1. The van der Waals surface area contributed by atoms with Crippen LogP contribution in [0.25, 0.3) is 11.0 Å². The van der Waals surface area contributed by atoms with E-state index in [4.69, 9.17) is 0 Å². The third-order valence-corrected chi connectivity index (χ3v) is 3.36. The van der Waals surface area contributed by atoms with Gasteiger partial charge in [0, 0.05) is 18.0 Å². The summed E-state index contributed by atoms with van der Waals surface area (Å²) in [6.45, 7) is 4.86. The topological polar surface area (TPSA) is 63.0 Å². The highest BCUT2D eigenvalue weighted by atomic mass is 16.3. The number of anilines is 1. The van der Waals surface area contributed by atoms with Gasteiger partial charge >= 0.3 is 0 Å². The second-order valence-electron chi connectivity index (χ2n) is 5.34. The van der Waals surface area contributed by atoms with Gasteiger partial charge in [0.1, 0.15) is 5.75 Å². The van der Waals surface area contributed by atoms with E-state index in [1.165, 1.54) is 0 Å². The van der Waals surface area contributed by atoms with Gasteiger partial charge in [-0.25, -0.2) is 9.67 Å². The Morgan fingerprint density at radius 1 is 1.19 bits per heavy atom. The SMILES string of the molecule is CC(C)n1ncc2cc(NCc3ccc(O)cc3)cnc21. The molecule has 5 heteroatoms. The van der Waals surface area contributed by atoms with Gasteiger partial charge in [-0.2, -0.15) is 5.10 Å². The first kappa shape index (κ1) is 13.4. The van der Waals surface area contributed by atoms with Crippen LogP contribution in [0.3, 0.4) is 0 Å². The van der Waals surface area contributed by atoms with Gasteiger partial charge in [0.2, 0.25) is 0 Å². The van der Waals surface area contributed by atoms with Gasteiger partial charge in [-0.1, -0.05) is 12.1 Å². The molecule has 0 aliphatic carbocycles. The first-order chi connectivity index (χ1) is 10.1. The van der Waals surface area contributed by atoms with Crippen molar-refractivity contribution in [3.05, 3.63) is 48.3 Å². The normalized spacial score (nSPS) is 11.2. The average molecular weight is 282 g/mol. The van der Waals surface area contributed by atoms with E-state index in [0.29, 0.717) is 12.6 Å². The molecule has 0 atom stereocenters. The van der Waals surface area contributed by atoms with Crippen molar-refractivity contribution in [3.63, 3.8) is 0 Å². The van der Waals surface area contributed by atoms with E-state index in [-0.39, 0.29) is 5.75 Å². The molecule has 108 valence electrons. The predicted octanol–water partition coefficient (Wildman–Crippen LogP) is 3.33. The predicted molar refractivity (Wildman–Crippen MR) is 83.3 cm³/mol. The van der Waals surface area contributed by atoms with Crippen LogP contribution in [0, 0.1) is 0 Å². The number of benzene rings is 1. The molecule has 0 aliphatic rings. The van der Waals surface area contributed by atoms with Crippen molar-refractivity contribution in [1.82, 2.24) is 14.8 Å². The lowest BCUT2D eigenvalue weighted by atomic mass is 10.2. The van der Waals surface area contributed by atoms with E-state index in [2.05, 4.69) is 35.3 Å². The Kier molecular flexibility index (Phi) is 3.48. The summed E-state index contributed by atoms with van der Waals surface area (Å²) >= 11 is 0. The van der Waals surface area contributed by atoms with E-state index in [9.17, 15) is 5.11 Å². The van der Waals surface area contributed by atoms with Crippen molar-refractivity contribution in [2.24, 2.45) is 0 Å². The highest BCUT2D eigenvalue weighted by Gasteiger charge is 2.07. The molecule has 3 rings (SSSR count). The standard InChI is InChI=1S/C16H18N4O/c1-11(2)20-16-13(9-19-20)7-14(10-18-16)17-8-12-3-5-15(21)6-4-12/h3-7,9-11,17,21H,8H2,1-2H3. The summed E-state index contributed by atoms with van der Waals surface area (Å²) in [7, 11) is 0. The van der Waals surface area contributed by atoms with Crippen LogP contribution in [-0.2, 0) is 6.54 Å². The molecule has 2 aromatic heterocycles. The number of hydrogen-bond donors (Lipinski definition) is 2. The van der Waals surface area contributed by atoms with Crippen LogP contribution in [-0.4, -0.2) is 19.9 Å². The summed E-state index contributed by atoms with van der Waals surface area (Å²) < 4.78 is 1.92. The fourth-order valence-corrected chi connectivity index (χ4v) is 2.23. The number of nitrogens with zero attached hydrogens (tertiary/aromatic N) is 3. The van der Waals surface area contributed by atoms with Gasteiger partial charge in [-0.05, 0) is 37.6 Å². The number of hydrogen-bond acceptors (Lipinski definition) is 4. The van der Waals surface area contributed by atoms with Crippen molar-refractivity contribution in [1.29, 1.82) is 0 Å². The molecule has 0 unspecified atom stereocenters. The molecule has 0 fully saturated rings. The Labute approximate surface area is 123 Å². The van der Waals surface area contributed by atoms with E-state index in [1.807, 2.05) is 29.2 Å². The van der Waals surface area contributed by atoms with Crippen LogP contribution in [0.2, 0.25) is 0 Å². The third kappa shape index (κ3) is 2.81. The molecule has 0 saturated carbocycles. The van der Waals surface area contributed by atoms with Crippen molar-refractivity contribution in [2.75, 3.05) is 5.32 Å². The van der Waals surface area contributed by atoms with Crippen molar-refractivity contribution >= 4 is 16.7 Å². The number of pyridine rings is 1. The zero-order chi connectivity index (χ0) is 14.8. The second-order valence-corrected chi connectivity index (χ2v) is 5.34. The number of fused-ring (bicyclic) bond motifs is 1. The minimum Gasteiger partial charge on any atom is -0.508 e. The van der Waals surface area contributed by atoms with Crippen LogP contribution < -0.4 is 5.32 Å². The van der Waals surface area contributed by atoms with Crippen LogP contribution in [0.1, 0.15) is 25.5 Å². The summed E-state index contributed by atoms with van der Waals surface area (Å²) in [6.07, 6.45) is 3.66. The lowest BCUT2D eigenvalue weighted by Gasteiger charge is -2.08. The number of phenolic OH excluding ortho intramolecular Hbond substituents is 1. The maximum atomic E-state index is 9.27. The minimum absolute atomic E-state index is 0.280. The van der Waals surface area contributed by atoms with Crippen LogP contribution >= 0.6 is 0 Å². The zero-order valence-electron chi connectivity index (χ0n) is 12.1. The molecular formula is C16H18N4O. The summed E-state index contributed by atoms with van der Waals surface area (Å²) in [5.41, 5.74) is 2.96. The van der Waals surface area contributed by atoms with Crippen LogP contribution in [0.15, 0.2) is 42.7 Å². The van der Waals surface area contributed by atoms with Gasteiger partial charge in [0.05, 0.1) is 18.1 Å². The summed E-state index contributed by atoms with van der Waals surface area (Å²) in [6, 6.07) is 9.51. The molecule has 0 amide bonds.